The lowest BCUT2D eigenvalue weighted by molar-refractivity contribution is 0.420. The SMILES string of the molecule is NCc1cc(Cl)ccc1-c1ccccc1C1CCC1. The molecule has 0 saturated heterocycles. The fraction of sp³-hybridized carbons (Fsp3) is 0.294. The van der Waals surface area contributed by atoms with Gasteiger partial charge in [-0.2, -0.15) is 0 Å². The van der Waals surface area contributed by atoms with Crippen LogP contribution in [0.25, 0.3) is 11.1 Å². The first-order valence-electron chi connectivity index (χ1n) is 6.87. The Bertz CT molecular complexity index is 588. The quantitative estimate of drug-likeness (QED) is 0.858. The Labute approximate surface area is 119 Å². The maximum Gasteiger partial charge on any atom is 0.0409 e. The van der Waals surface area contributed by atoms with Gasteiger partial charge in [0, 0.05) is 11.6 Å². The fourth-order valence-electron chi connectivity index (χ4n) is 2.81. The Morgan fingerprint density at radius 2 is 1.84 bits per heavy atom. The van der Waals surface area contributed by atoms with E-state index in [1.807, 2.05) is 12.1 Å². The van der Waals surface area contributed by atoms with E-state index >= 15 is 0 Å². The number of hydrogen-bond acceptors (Lipinski definition) is 1. The molecule has 0 aromatic heterocycles. The van der Waals surface area contributed by atoms with Crippen LogP contribution in [0.3, 0.4) is 0 Å². The van der Waals surface area contributed by atoms with E-state index in [2.05, 4.69) is 30.3 Å². The second kappa shape index (κ2) is 5.36. The molecule has 1 aliphatic rings. The van der Waals surface area contributed by atoms with Gasteiger partial charge in [-0.3, -0.25) is 0 Å². The first-order valence-corrected chi connectivity index (χ1v) is 7.25. The normalized spacial score (nSPS) is 15.3. The third-order valence-corrected chi connectivity index (χ3v) is 4.32. The van der Waals surface area contributed by atoms with Gasteiger partial charge in [-0.25, -0.2) is 0 Å². The molecule has 98 valence electrons. The number of nitrogens with two attached hydrogens (primary N) is 1. The van der Waals surface area contributed by atoms with E-state index in [0.717, 1.165) is 16.5 Å². The summed E-state index contributed by atoms with van der Waals surface area (Å²) in [5.74, 6) is 0.720. The Hall–Kier alpha value is -1.31. The van der Waals surface area contributed by atoms with Crippen LogP contribution < -0.4 is 5.73 Å². The van der Waals surface area contributed by atoms with Gasteiger partial charge in [0.25, 0.3) is 0 Å². The van der Waals surface area contributed by atoms with E-state index in [1.165, 1.54) is 36.0 Å². The van der Waals surface area contributed by atoms with Gasteiger partial charge in [-0.15, -0.1) is 0 Å². The zero-order valence-corrected chi connectivity index (χ0v) is 11.7. The van der Waals surface area contributed by atoms with E-state index in [4.69, 9.17) is 17.3 Å². The van der Waals surface area contributed by atoms with Gasteiger partial charge in [-0.05, 0) is 53.1 Å². The van der Waals surface area contributed by atoms with Gasteiger partial charge < -0.3 is 5.73 Å². The summed E-state index contributed by atoms with van der Waals surface area (Å²) < 4.78 is 0. The number of hydrogen-bond donors (Lipinski definition) is 1. The van der Waals surface area contributed by atoms with Crippen LogP contribution in [0.2, 0.25) is 5.02 Å². The highest BCUT2D eigenvalue weighted by molar-refractivity contribution is 6.30. The average molecular weight is 272 g/mol. The van der Waals surface area contributed by atoms with Crippen molar-refractivity contribution in [1.82, 2.24) is 0 Å². The molecule has 0 radical (unpaired) electrons. The summed E-state index contributed by atoms with van der Waals surface area (Å²) in [4.78, 5) is 0. The van der Waals surface area contributed by atoms with Crippen molar-refractivity contribution >= 4 is 11.6 Å². The molecular formula is C17H18ClN. The van der Waals surface area contributed by atoms with Crippen LogP contribution >= 0.6 is 11.6 Å². The van der Waals surface area contributed by atoms with Crippen molar-refractivity contribution in [3.63, 3.8) is 0 Å². The lowest BCUT2D eigenvalue weighted by Gasteiger charge is -2.28. The average Bonchev–Trinajstić information content (AvgIpc) is 2.37. The van der Waals surface area contributed by atoms with Crippen LogP contribution in [0.5, 0.6) is 0 Å². The molecule has 0 bridgehead atoms. The lowest BCUT2D eigenvalue weighted by Crippen LogP contribution is -2.10. The molecule has 0 aliphatic heterocycles. The molecule has 0 heterocycles. The van der Waals surface area contributed by atoms with Crippen LogP contribution in [-0.4, -0.2) is 0 Å². The monoisotopic (exact) mass is 271 g/mol. The summed E-state index contributed by atoms with van der Waals surface area (Å²) in [6.45, 7) is 0.523. The minimum absolute atomic E-state index is 0.523. The third-order valence-electron chi connectivity index (χ3n) is 4.08. The van der Waals surface area contributed by atoms with Gasteiger partial charge in [0.05, 0.1) is 0 Å². The second-order valence-electron chi connectivity index (χ2n) is 5.22. The first-order chi connectivity index (χ1) is 9.29. The van der Waals surface area contributed by atoms with Crippen molar-refractivity contribution in [3.05, 3.63) is 58.6 Å². The molecule has 2 aromatic rings. The van der Waals surface area contributed by atoms with E-state index in [1.54, 1.807) is 0 Å². The Kier molecular flexibility index (Phi) is 3.58. The summed E-state index contributed by atoms with van der Waals surface area (Å²) in [6, 6.07) is 14.7. The number of rotatable bonds is 3. The van der Waals surface area contributed by atoms with Crippen LogP contribution in [0.1, 0.15) is 36.3 Å². The van der Waals surface area contributed by atoms with Crippen molar-refractivity contribution in [2.24, 2.45) is 5.73 Å². The van der Waals surface area contributed by atoms with Crippen molar-refractivity contribution in [2.45, 2.75) is 31.7 Å². The molecule has 1 saturated carbocycles. The summed E-state index contributed by atoms with van der Waals surface area (Å²) in [5.41, 5.74) is 11.0. The lowest BCUT2D eigenvalue weighted by atomic mass is 9.77. The number of benzene rings is 2. The van der Waals surface area contributed by atoms with E-state index in [0.29, 0.717) is 6.54 Å². The highest BCUT2D eigenvalue weighted by Gasteiger charge is 2.22. The number of halogens is 1. The molecule has 1 fully saturated rings. The van der Waals surface area contributed by atoms with Gasteiger partial charge in [0.1, 0.15) is 0 Å². The predicted molar refractivity (Wildman–Crippen MR) is 81.4 cm³/mol. The van der Waals surface area contributed by atoms with Gasteiger partial charge in [0.2, 0.25) is 0 Å². The summed E-state index contributed by atoms with van der Waals surface area (Å²) in [7, 11) is 0. The summed E-state index contributed by atoms with van der Waals surface area (Å²) in [6.07, 6.45) is 3.97. The highest BCUT2D eigenvalue weighted by Crippen LogP contribution is 2.41. The standard InChI is InChI=1S/C17H18ClN/c18-14-8-9-16(13(10-14)11-19)17-7-2-1-6-15(17)12-4-3-5-12/h1-2,6-10,12H,3-5,11,19H2. The van der Waals surface area contributed by atoms with Crippen molar-refractivity contribution in [2.75, 3.05) is 0 Å². The fourth-order valence-corrected chi connectivity index (χ4v) is 3.01. The molecule has 0 unspecified atom stereocenters. The molecule has 2 heteroatoms. The zero-order chi connectivity index (χ0) is 13.2. The first kappa shape index (κ1) is 12.7. The smallest absolute Gasteiger partial charge is 0.0409 e. The molecule has 19 heavy (non-hydrogen) atoms. The molecule has 0 amide bonds. The molecule has 0 atom stereocenters. The van der Waals surface area contributed by atoms with Gasteiger partial charge >= 0.3 is 0 Å². The van der Waals surface area contributed by atoms with Crippen molar-refractivity contribution < 1.29 is 0 Å². The second-order valence-corrected chi connectivity index (χ2v) is 5.66. The topological polar surface area (TPSA) is 26.0 Å². The Morgan fingerprint density at radius 1 is 1.05 bits per heavy atom. The molecule has 1 nitrogen and oxygen atoms in total. The van der Waals surface area contributed by atoms with Crippen LogP contribution in [0.15, 0.2) is 42.5 Å². The van der Waals surface area contributed by atoms with Crippen LogP contribution in [0, 0.1) is 0 Å². The van der Waals surface area contributed by atoms with E-state index < -0.39 is 0 Å². The van der Waals surface area contributed by atoms with E-state index in [9.17, 15) is 0 Å². The Balaban J connectivity index is 2.11. The summed E-state index contributed by atoms with van der Waals surface area (Å²) >= 11 is 6.07. The van der Waals surface area contributed by atoms with Gasteiger partial charge in [0.15, 0.2) is 0 Å². The molecule has 2 N–H and O–H groups in total. The molecule has 1 aliphatic carbocycles. The van der Waals surface area contributed by atoms with Crippen molar-refractivity contribution in [3.8, 4) is 11.1 Å². The minimum atomic E-state index is 0.523. The maximum atomic E-state index is 6.07. The third kappa shape index (κ3) is 2.41. The van der Waals surface area contributed by atoms with Gasteiger partial charge in [-0.1, -0.05) is 48.4 Å². The van der Waals surface area contributed by atoms with Crippen molar-refractivity contribution in [1.29, 1.82) is 0 Å². The maximum absolute atomic E-state index is 6.07. The van der Waals surface area contributed by atoms with Crippen LogP contribution in [0.4, 0.5) is 0 Å². The highest BCUT2D eigenvalue weighted by atomic mass is 35.5. The largest absolute Gasteiger partial charge is 0.326 e. The predicted octanol–water partition coefficient (Wildman–Crippen LogP) is 4.73. The van der Waals surface area contributed by atoms with E-state index in [-0.39, 0.29) is 0 Å². The zero-order valence-electron chi connectivity index (χ0n) is 10.9. The molecular weight excluding hydrogens is 254 g/mol. The molecule has 2 aromatic carbocycles. The Morgan fingerprint density at radius 3 is 2.53 bits per heavy atom. The molecule has 3 rings (SSSR count). The minimum Gasteiger partial charge on any atom is -0.326 e. The van der Waals surface area contributed by atoms with Crippen LogP contribution in [-0.2, 0) is 6.54 Å². The summed E-state index contributed by atoms with van der Waals surface area (Å²) in [5, 5.41) is 0.755. The molecule has 0 spiro atoms.